The standard InChI is InChI=1S/C13H19N3O2/c1-16-8-4-5-10(12(16)18)11(17)15-13(9-14)6-2-3-7-13/h4-5,8H,2-3,6-7,9,14H2,1H3,(H,15,17). The van der Waals surface area contributed by atoms with Crippen molar-refractivity contribution in [2.45, 2.75) is 31.2 Å². The highest BCUT2D eigenvalue weighted by molar-refractivity contribution is 5.94. The van der Waals surface area contributed by atoms with Crippen LogP contribution in [0, 0.1) is 0 Å². The van der Waals surface area contributed by atoms with Gasteiger partial charge in [-0.25, -0.2) is 0 Å². The lowest BCUT2D eigenvalue weighted by atomic mass is 9.97. The van der Waals surface area contributed by atoms with Gasteiger partial charge in [-0.2, -0.15) is 0 Å². The van der Waals surface area contributed by atoms with Gasteiger partial charge in [-0.15, -0.1) is 0 Å². The summed E-state index contributed by atoms with van der Waals surface area (Å²) < 4.78 is 1.40. The predicted octanol–water partition coefficient (Wildman–Crippen LogP) is 0.387. The number of rotatable bonds is 3. The molecule has 5 heteroatoms. The van der Waals surface area contributed by atoms with Gasteiger partial charge in [-0.1, -0.05) is 12.8 Å². The molecule has 0 atom stereocenters. The first kappa shape index (κ1) is 12.8. The number of pyridine rings is 1. The van der Waals surface area contributed by atoms with Gasteiger partial charge in [0.15, 0.2) is 0 Å². The fraction of sp³-hybridized carbons (Fsp3) is 0.538. The molecule has 2 rings (SSSR count). The van der Waals surface area contributed by atoms with Crippen LogP contribution in [0.25, 0.3) is 0 Å². The zero-order chi connectivity index (χ0) is 13.2. The number of carbonyl (C=O) groups excluding carboxylic acids is 1. The highest BCUT2D eigenvalue weighted by Gasteiger charge is 2.34. The molecule has 1 fully saturated rings. The predicted molar refractivity (Wildman–Crippen MR) is 69.4 cm³/mol. The molecule has 3 N–H and O–H groups in total. The van der Waals surface area contributed by atoms with E-state index in [9.17, 15) is 9.59 Å². The summed E-state index contributed by atoms with van der Waals surface area (Å²) in [4.78, 5) is 24.0. The minimum atomic E-state index is -0.321. The molecule has 0 aromatic carbocycles. The van der Waals surface area contributed by atoms with E-state index in [0.29, 0.717) is 6.54 Å². The minimum absolute atomic E-state index is 0.180. The smallest absolute Gasteiger partial charge is 0.263 e. The van der Waals surface area contributed by atoms with Gasteiger partial charge >= 0.3 is 0 Å². The maximum Gasteiger partial charge on any atom is 0.263 e. The molecular weight excluding hydrogens is 230 g/mol. The van der Waals surface area contributed by atoms with Crippen LogP contribution in [0.1, 0.15) is 36.0 Å². The van der Waals surface area contributed by atoms with E-state index in [0.717, 1.165) is 25.7 Å². The molecule has 0 unspecified atom stereocenters. The first-order valence-electron chi connectivity index (χ1n) is 6.26. The second-order valence-electron chi connectivity index (χ2n) is 4.98. The van der Waals surface area contributed by atoms with E-state index < -0.39 is 0 Å². The van der Waals surface area contributed by atoms with Crippen molar-refractivity contribution in [3.8, 4) is 0 Å². The Labute approximate surface area is 106 Å². The SMILES string of the molecule is Cn1cccc(C(=O)NC2(CN)CCCC2)c1=O. The van der Waals surface area contributed by atoms with E-state index in [-0.39, 0.29) is 22.6 Å². The summed E-state index contributed by atoms with van der Waals surface area (Å²) in [5.41, 5.74) is 5.35. The normalized spacial score (nSPS) is 17.7. The van der Waals surface area contributed by atoms with E-state index in [1.165, 1.54) is 4.57 Å². The zero-order valence-electron chi connectivity index (χ0n) is 10.6. The molecule has 1 aliphatic carbocycles. The largest absolute Gasteiger partial charge is 0.345 e. The molecular formula is C13H19N3O2. The van der Waals surface area contributed by atoms with E-state index in [1.54, 1.807) is 25.4 Å². The fourth-order valence-electron chi connectivity index (χ4n) is 2.51. The van der Waals surface area contributed by atoms with Crippen LogP contribution in [0.3, 0.4) is 0 Å². The number of nitrogens with two attached hydrogens (primary N) is 1. The minimum Gasteiger partial charge on any atom is -0.345 e. The summed E-state index contributed by atoms with van der Waals surface area (Å²) in [5, 5.41) is 2.95. The molecule has 1 aromatic rings. The molecule has 0 aliphatic heterocycles. The second-order valence-corrected chi connectivity index (χ2v) is 4.98. The molecule has 1 amide bonds. The summed E-state index contributed by atoms with van der Waals surface area (Å²) >= 11 is 0. The molecule has 0 bridgehead atoms. The number of hydrogen-bond acceptors (Lipinski definition) is 3. The van der Waals surface area contributed by atoms with Crippen LogP contribution in [0.5, 0.6) is 0 Å². The van der Waals surface area contributed by atoms with Crippen molar-refractivity contribution in [1.29, 1.82) is 0 Å². The van der Waals surface area contributed by atoms with Gasteiger partial charge in [0.25, 0.3) is 11.5 Å². The lowest BCUT2D eigenvalue weighted by Gasteiger charge is -2.28. The summed E-state index contributed by atoms with van der Waals surface area (Å²) in [6.07, 6.45) is 5.56. The Kier molecular flexibility index (Phi) is 3.52. The van der Waals surface area contributed by atoms with Crippen molar-refractivity contribution in [3.05, 3.63) is 34.2 Å². The summed E-state index contributed by atoms with van der Waals surface area (Å²) in [5.74, 6) is -0.316. The molecule has 1 aliphatic rings. The van der Waals surface area contributed by atoms with Gasteiger partial charge in [0.2, 0.25) is 0 Å². The van der Waals surface area contributed by atoms with Crippen molar-refractivity contribution in [1.82, 2.24) is 9.88 Å². The molecule has 0 saturated heterocycles. The third kappa shape index (κ3) is 2.31. The Morgan fingerprint density at radius 2 is 2.17 bits per heavy atom. The number of nitrogens with one attached hydrogen (secondary N) is 1. The number of carbonyl (C=O) groups is 1. The Balaban J connectivity index is 2.22. The molecule has 1 heterocycles. The average molecular weight is 249 g/mol. The Hall–Kier alpha value is -1.62. The van der Waals surface area contributed by atoms with Gasteiger partial charge in [0.1, 0.15) is 5.56 Å². The summed E-state index contributed by atoms with van der Waals surface area (Å²) in [7, 11) is 1.63. The van der Waals surface area contributed by atoms with Crippen molar-refractivity contribution >= 4 is 5.91 Å². The van der Waals surface area contributed by atoms with Crippen LogP contribution >= 0.6 is 0 Å². The average Bonchev–Trinajstić information content (AvgIpc) is 2.81. The molecule has 0 radical (unpaired) electrons. The van der Waals surface area contributed by atoms with E-state index >= 15 is 0 Å². The van der Waals surface area contributed by atoms with Crippen molar-refractivity contribution in [2.24, 2.45) is 12.8 Å². The van der Waals surface area contributed by atoms with Gasteiger partial charge in [-0.3, -0.25) is 9.59 Å². The van der Waals surface area contributed by atoms with Gasteiger partial charge in [0.05, 0.1) is 5.54 Å². The van der Waals surface area contributed by atoms with E-state index in [4.69, 9.17) is 5.73 Å². The summed E-state index contributed by atoms with van der Waals surface area (Å²) in [6.45, 7) is 0.423. The lowest BCUT2D eigenvalue weighted by molar-refractivity contribution is 0.0901. The number of amides is 1. The highest BCUT2D eigenvalue weighted by Crippen LogP contribution is 2.28. The van der Waals surface area contributed by atoms with Gasteiger partial charge in [0, 0.05) is 19.8 Å². The highest BCUT2D eigenvalue weighted by atomic mass is 16.2. The Bertz CT molecular complexity index is 501. The molecule has 1 saturated carbocycles. The van der Waals surface area contributed by atoms with Crippen LogP contribution in [0.4, 0.5) is 0 Å². The summed E-state index contributed by atoms with van der Waals surface area (Å²) in [6, 6.07) is 3.25. The monoisotopic (exact) mass is 249 g/mol. The van der Waals surface area contributed by atoms with Crippen LogP contribution < -0.4 is 16.6 Å². The first-order valence-corrected chi connectivity index (χ1v) is 6.26. The number of aryl methyl sites for hydroxylation is 1. The van der Waals surface area contributed by atoms with Crippen molar-refractivity contribution in [3.63, 3.8) is 0 Å². The zero-order valence-corrected chi connectivity index (χ0v) is 10.6. The lowest BCUT2D eigenvalue weighted by Crippen LogP contribution is -2.52. The molecule has 18 heavy (non-hydrogen) atoms. The van der Waals surface area contributed by atoms with Crippen molar-refractivity contribution in [2.75, 3.05) is 6.54 Å². The molecule has 5 nitrogen and oxygen atoms in total. The maximum absolute atomic E-state index is 12.2. The number of hydrogen-bond donors (Lipinski definition) is 2. The third-order valence-electron chi connectivity index (χ3n) is 3.70. The quantitative estimate of drug-likeness (QED) is 0.813. The second kappa shape index (κ2) is 4.94. The molecule has 98 valence electrons. The molecule has 1 aromatic heterocycles. The topological polar surface area (TPSA) is 77.1 Å². The molecule has 0 spiro atoms. The van der Waals surface area contributed by atoms with E-state index in [1.807, 2.05) is 0 Å². The third-order valence-corrected chi connectivity index (χ3v) is 3.70. The van der Waals surface area contributed by atoms with Crippen LogP contribution in [-0.4, -0.2) is 22.6 Å². The maximum atomic E-state index is 12.2. The Morgan fingerprint density at radius 1 is 1.50 bits per heavy atom. The van der Waals surface area contributed by atoms with Crippen LogP contribution in [0.15, 0.2) is 23.1 Å². The van der Waals surface area contributed by atoms with Gasteiger partial charge in [-0.05, 0) is 25.0 Å². The Morgan fingerprint density at radius 3 is 2.78 bits per heavy atom. The van der Waals surface area contributed by atoms with E-state index in [2.05, 4.69) is 5.32 Å². The van der Waals surface area contributed by atoms with Crippen molar-refractivity contribution < 1.29 is 4.79 Å². The van der Waals surface area contributed by atoms with Crippen LogP contribution in [-0.2, 0) is 7.05 Å². The fourth-order valence-corrected chi connectivity index (χ4v) is 2.51. The first-order chi connectivity index (χ1) is 8.58. The number of aromatic nitrogens is 1. The van der Waals surface area contributed by atoms with Gasteiger partial charge < -0.3 is 15.6 Å². The van der Waals surface area contributed by atoms with Crippen LogP contribution in [0.2, 0.25) is 0 Å². The number of nitrogens with zero attached hydrogens (tertiary/aromatic N) is 1.